The van der Waals surface area contributed by atoms with Gasteiger partial charge in [-0.1, -0.05) is 48.5 Å². The van der Waals surface area contributed by atoms with Gasteiger partial charge in [-0.2, -0.15) is 5.10 Å². The van der Waals surface area contributed by atoms with Gasteiger partial charge in [-0.05, 0) is 29.8 Å². The number of hydrogen-bond donors (Lipinski definition) is 3. The SMILES string of the molecule is COc1cc(C(O)(C(N)=O)c2ccccc2)ccc1C(=O)N1Cc2cnn(C)c2Nc2ccccc21. The Labute approximate surface area is 207 Å². The van der Waals surface area contributed by atoms with Crippen molar-refractivity contribution in [1.29, 1.82) is 0 Å². The molecule has 2 heterocycles. The molecule has 5 rings (SSSR count). The molecule has 1 unspecified atom stereocenters. The maximum Gasteiger partial charge on any atom is 0.262 e. The lowest BCUT2D eigenvalue weighted by Gasteiger charge is -2.27. The van der Waals surface area contributed by atoms with Crippen molar-refractivity contribution in [2.45, 2.75) is 12.1 Å². The van der Waals surface area contributed by atoms with Crippen molar-refractivity contribution in [2.75, 3.05) is 17.3 Å². The van der Waals surface area contributed by atoms with Gasteiger partial charge in [-0.3, -0.25) is 14.3 Å². The maximum absolute atomic E-state index is 13.9. The number of amides is 2. The number of nitrogens with zero attached hydrogens (tertiary/aromatic N) is 3. The zero-order valence-electron chi connectivity index (χ0n) is 19.8. The molecule has 2 amide bonds. The summed E-state index contributed by atoms with van der Waals surface area (Å²) in [5.41, 5.74) is 6.63. The molecule has 4 N–H and O–H groups in total. The summed E-state index contributed by atoms with van der Waals surface area (Å²) in [4.78, 5) is 28.0. The van der Waals surface area contributed by atoms with Crippen LogP contribution in [0.15, 0.2) is 79.0 Å². The second kappa shape index (κ2) is 8.86. The number of benzene rings is 3. The lowest BCUT2D eigenvalue weighted by atomic mass is 9.85. The summed E-state index contributed by atoms with van der Waals surface area (Å²) < 4.78 is 7.28. The number of primary amides is 1. The number of methoxy groups -OCH3 is 1. The van der Waals surface area contributed by atoms with Gasteiger partial charge in [-0.15, -0.1) is 0 Å². The topological polar surface area (TPSA) is 123 Å². The number of aliphatic hydroxyl groups is 1. The summed E-state index contributed by atoms with van der Waals surface area (Å²) in [6, 6.07) is 20.5. The molecule has 1 atom stereocenters. The minimum absolute atomic E-state index is 0.196. The van der Waals surface area contributed by atoms with E-state index >= 15 is 0 Å². The van der Waals surface area contributed by atoms with E-state index in [-0.39, 0.29) is 29.3 Å². The smallest absolute Gasteiger partial charge is 0.262 e. The Kier molecular flexibility index (Phi) is 5.69. The molecule has 9 nitrogen and oxygen atoms in total. The lowest BCUT2D eigenvalue weighted by Crippen LogP contribution is -2.42. The molecule has 0 spiro atoms. The number of carbonyl (C=O) groups excluding carboxylic acids is 2. The van der Waals surface area contributed by atoms with Crippen molar-refractivity contribution in [3.8, 4) is 5.75 Å². The zero-order valence-corrected chi connectivity index (χ0v) is 19.8. The van der Waals surface area contributed by atoms with Gasteiger partial charge in [0.15, 0.2) is 5.60 Å². The average molecular weight is 484 g/mol. The summed E-state index contributed by atoms with van der Waals surface area (Å²) in [6.07, 6.45) is 1.72. The van der Waals surface area contributed by atoms with Crippen LogP contribution in [0.5, 0.6) is 5.75 Å². The van der Waals surface area contributed by atoms with Crippen molar-refractivity contribution in [2.24, 2.45) is 12.8 Å². The van der Waals surface area contributed by atoms with Crippen LogP contribution in [-0.4, -0.2) is 33.8 Å². The van der Waals surface area contributed by atoms with E-state index in [1.54, 1.807) is 52.2 Å². The Morgan fingerprint density at radius 1 is 1.06 bits per heavy atom. The van der Waals surface area contributed by atoms with Crippen LogP contribution in [0.3, 0.4) is 0 Å². The average Bonchev–Trinajstić information content (AvgIpc) is 3.15. The van der Waals surface area contributed by atoms with Crippen LogP contribution < -0.4 is 20.7 Å². The van der Waals surface area contributed by atoms with E-state index in [2.05, 4.69) is 10.4 Å². The van der Waals surface area contributed by atoms with Crippen LogP contribution >= 0.6 is 0 Å². The highest BCUT2D eigenvalue weighted by Gasteiger charge is 2.39. The van der Waals surface area contributed by atoms with Gasteiger partial charge >= 0.3 is 0 Å². The van der Waals surface area contributed by atoms with E-state index in [0.717, 1.165) is 17.1 Å². The second-order valence-electron chi connectivity index (χ2n) is 8.53. The number of carbonyl (C=O) groups is 2. The predicted molar refractivity (Wildman–Crippen MR) is 135 cm³/mol. The lowest BCUT2D eigenvalue weighted by molar-refractivity contribution is -0.133. The molecule has 9 heteroatoms. The summed E-state index contributed by atoms with van der Waals surface area (Å²) >= 11 is 0. The van der Waals surface area contributed by atoms with E-state index < -0.39 is 11.5 Å². The Hall–Kier alpha value is -4.63. The summed E-state index contributed by atoms with van der Waals surface area (Å²) in [6.45, 7) is 0.284. The number of para-hydroxylation sites is 2. The van der Waals surface area contributed by atoms with Crippen molar-refractivity contribution in [3.63, 3.8) is 0 Å². The minimum atomic E-state index is -2.10. The Morgan fingerprint density at radius 2 is 1.78 bits per heavy atom. The van der Waals surface area contributed by atoms with Crippen molar-refractivity contribution in [3.05, 3.63) is 101 Å². The Morgan fingerprint density at radius 3 is 2.50 bits per heavy atom. The summed E-state index contributed by atoms with van der Waals surface area (Å²) in [7, 11) is 3.26. The van der Waals surface area contributed by atoms with E-state index in [1.165, 1.54) is 19.2 Å². The van der Waals surface area contributed by atoms with Crippen molar-refractivity contribution in [1.82, 2.24) is 9.78 Å². The van der Waals surface area contributed by atoms with E-state index in [1.807, 2.05) is 31.3 Å². The Balaban J connectivity index is 1.59. The van der Waals surface area contributed by atoms with Crippen LogP contribution in [0.1, 0.15) is 27.0 Å². The van der Waals surface area contributed by atoms with Gasteiger partial charge in [0.25, 0.3) is 11.8 Å². The molecule has 0 saturated heterocycles. The van der Waals surface area contributed by atoms with Crippen LogP contribution in [-0.2, 0) is 24.0 Å². The van der Waals surface area contributed by atoms with Crippen LogP contribution in [0, 0.1) is 0 Å². The number of nitrogens with one attached hydrogen (secondary N) is 1. The van der Waals surface area contributed by atoms with Gasteiger partial charge in [0, 0.05) is 18.2 Å². The predicted octanol–water partition coefficient (Wildman–Crippen LogP) is 3.05. The highest BCUT2D eigenvalue weighted by Crippen LogP contribution is 2.38. The molecule has 0 bridgehead atoms. The first-order valence-electron chi connectivity index (χ1n) is 11.3. The molecule has 182 valence electrons. The molecule has 36 heavy (non-hydrogen) atoms. The van der Waals surface area contributed by atoms with Gasteiger partial charge in [0.2, 0.25) is 0 Å². The third-order valence-electron chi connectivity index (χ3n) is 6.43. The number of rotatable bonds is 5. The number of ether oxygens (including phenoxy) is 1. The third-order valence-corrected chi connectivity index (χ3v) is 6.43. The molecule has 0 aliphatic carbocycles. The molecule has 3 aromatic carbocycles. The van der Waals surface area contributed by atoms with Gasteiger partial charge in [0.1, 0.15) is 11.6 Å². The molecule has 4 aromatic rings. The zero-order chi connectivity index (χ0) is 25.4. The van der Waals surface area contributed by atoms with Crippen molar-refractivity contribution >= 4 is 29.0 Å². The number of hydrogen-bond acceptors (Lipinski definition) is 6. The Bertz CT molecular complexity index is 1470. The largest absolute Gasteiger partial charge is 0.496 e. The molecule has 0 radical (unpaired) electrons. The van der Waals surface area contributed by atoms with Gasteiger partial charge in [0.05, 0.1) is 36.8 Å². The van der Waals surface area contributed by atoms with E-state index in [4.69, 9.17) is 10.5 Å². The monoisotopic (exact) mass is 483 g/mol. The van der Waals surface area contributed by atoms with E-state index in [9.17, 15) is 14.7 Å². The minimum Gasteiger partial charge on any atom is -0.496 e. The summed E-state index contributed by atoms with van der Waals surface area (Å²) in [5, 5.41) is 19.0. The molecule has 1 aliphatic heterocycles. The fraction of sp³-hybridized carbons (Fsp3) is 0.148. The van der Waals surface area contributed by atoms with E-state index in [0.29, 0.717) is 11.3 Å². The molecule has 0 fully saturated rings. The first-order chi connectivity index (χ1) is 17.3. The normalized spacial score (nSPS) is 14.0. The molecular weight excluding hydrogens is 458 g/mol. The number of anilines is 3. The fourth-order valence-corrected chi connectivity index (χ4v) is 4.51. The van der Waals surface area contributed by atoms with Gasteiger partial charge < -0.3 is 25.8 Å². The molecule has 0 saturated carbocycles. The van der Waals surface area contributed by atoms with Crippen LogP contribution in [0.25, 0.3) is 0 Å². The van der Waals surface area contributed by atoms with Gasteiger partial charge in [-0.25, -0.2) is 0 Å². The fourth-order valence-electron chi connectivity index (χ4n) is 4.51. The quantitative estimate of drug-likeness (QED) is 0.401. The van der Waals surface area contributed by atoms with Crippen molar-refractivity contribution < 1.29 is 19.4 Å². The maximum atomic E-state index is 13.9. The number of aryl methyl sites for hydroxylation is 1. The second-order valence-corrected chi connectivity index (χ2v) is 8.53. The molecule has 1 aliphatic rings. The number of nitrogens with two attached hydrogens (primary N) is 1. The van der Waals surface area contributed by atoms with Crippen LogP contribution in [0.2, 0.25) is 0 Å². The molecule has 1 aromatic heterocycles. The number of aromatic nitrogens is 2. The first-order valence-corrected chi connectivity index (χ1v) is 11.3. The standard InChI is InChI=1S/C27H25N5O4/c1-31-24-17(15-29-31)16-32(22-11-7-6-10-21(22)30-24)25(33)20-13-12-19(14-23(20)36-2)27(35,26(28)34)18-8-4-3-5-9-18/h3-15,30,35H,16H2,1-2H3,(H2,28,34). The highest BCUT2D eigenvalue weighted by molar-refractivity contribution is 6.10. The highest BCUT2D eigenvalue weighted by atomic mass is 16.5. The van der Waals surface area contributed by atoms with Crippen LogP contribution in [0.4, 0.5) is 17.2 Å². The molecular formula is C27H25N5O4. The first kappa shape index (κ1) is 23.1. The number of fused-ring (bicyclic) bond motifs is 2. The summed E-state index contributed by atoms with van der Waals surface area (Å²) in [5.74, 6) is -0.248. The third kappa shape index (κ3) is 3.66.